The van der Waals surface area contributed by atoms with Crippen LogP contribution in [-0.2, 0) is 25.9 Å². The van der Waals surface area contributed by atoms with Crippen LogP contribution in [0.2, 0.25) is 0 Å². The van der Waals surface area contributed by atoms with Crippen molar-refractivity contribution in [3.05, 3.63) is 33.9 Å². The van der Waals surface area contributed by atoms with Gasteiger partial charge < -0.3 is 5.32 Å². The van der Waals surface area contributed by atoms with Gasteiger partial charge in [0.2, 0.25) is 5.96 Å². The van der Waals surface area contributed by atoms with Gasteiger partial charge in [0.25, 0.3) is 0 Å². The van der Waals surface area contributed by atoms with Gasteiger partial charge in [0.05, 0.1) is 6.54 Å². The quantitative estimate of drug-likeness (QED) is 0.203. The van der Waals surface area contributed by atoms with Crippen LogP contribution in [0.4, 0.5) is 4.39 Å². The Hall–Kier alpha value is -1.47. The van der Waals surface area contributed by atoms with E-state index in [1.807, 2.05) is 6.19 Å². The zero-order chi connectivity index (χ0) is 16.1. The standard InChI is InChI=1S/C17H22FN4.Rh/c1-11-9-12(2)14-5-4-6-15(16(14)13(11)3)22-17(21-10-19)20-8-7-18;/h15H,4-8H2,1-3H3,(H2,20,21,22);/q-1;. The van der Waals surface area contributed by atoms with Crippen molar-refractivity contribution in [1.29, 1.82) is 5.26 Å². The van der Waals surface area contributed by atoms with E-state index in [0.717, 1.165) is 24.8 Å². The molecule has 0 spiro atoms. The summed E-state index contributed by atoms with van der Waals surface area (Å²) < 4.78 is 12.3. The Morgan fingerprint density at radius 1 is 1.39 bits per heavy atom. The number of rotatable bonds is 3. The minimum atomic E-state index is -0.536. The van der Waals surface area contributed by atoms with Gasteiger partial charge in [0, 0.05) is 25.5 Å². The Labute approximate surface area is 150 Å². The topological polar surface area (TPSA) is 60.2 Å². The van der Waals surface area contributed by atoms with E-state index in [0.29, 0.717) is 5.96 Å². The molecule has 1 radical (unpaired) electrons. The first-order valence-corrected chi connectivity index (χ1v) is 7.62. The minimum absolute atomic E-state index is 0. The van der Waals surface area contributed by atoms with Crippen molar-refractivity contribution in [2.45, 2.75) is 46.1 Å². The summed E-state index contributed by atoms with van der Waals surface area (Å²) >= 11 is 0. The van der Waals surface area contributed by atoms with Gasteiger partial charge in [0.15, 0.2) is 6.19 Å². The fourth-order valence-corrected chi connectivity index (χ4v) is 3.14. The Balaban J connectivity index is 0.00000264. The molecule has 0 aromatic heterocycles. The minimum Gasteiger partial charge on any atom is -0.351 e. The molecule has 1 aromatic rings. The third-order valence-electron chi connectivity index (χ3n) is 4.23. The summed E-state index contributed by atoms with van der Waals surface area (Å²) in [5.74, 6) is 0.348. The number of hydrogen-bond donors (Lipinski definition) is 2. The summed E-state index contributed by atoms with van der Waals surface area (Å²) in [7, 11) is 0. The number of alkyl halides is 1. The number of benzene rings is 1. The van der Waals surface area contributed by atoms with Gasteiger partial charge in [0.1, 0.15) is 6.67 Å². The summed E-state index contributed by atoms with van der Waals surface area (Å²) in [5.41, 5.74) is 6.21. The Morgan fingerprint density at radius 2 is 2.13 bits per heavy atom. The maximum Gasteiger partial charge on any atom is 0.205 e. The number of guanidine groups is 1. The molecule has 127 valence electrons. The molecule has 4 nitrogen and oxygen atoms in total. The number of fused-ring (bicyclic) bond motifs is 1. The van der Waals surface area contributed by atoms with Gasteiger partial charge >= 0.3 is 0 Å². The summed E-state index contributed by atoms with van der Waals surface area (Å²) in [6.45, 7) is 5.79. The number of nitriles is 1. The number of aliphatic imine (C=N–C) groups is 1. The molecule has 6 heteroatoms. The second kappa shape index (κ2) is 8.98. The number of hydrogen-bond acceptors (Lipinski definition) is 2. The van der Waals surface area contributed by atoms with Crippen LogP contribution < -0.4 is 10.6 Å². The predicted molar refractivity (Wildman–Crippen MR) is 85.3 cm³/mol. The summed E-state index contributed by atoms with van der Waals surface area (Å²) in [5, 5.41) is 14.6. The van der Waals surface area contributed by atoms with Gasteiger partial charge in [-0.15, -0.1) is 11.1 Å². The van der Waals surface area contributed by atoms with Crippen molar-refractivity contribution in [3.63, 3.8) is 0 Å². The Kier molecular flexibility index (Phi) is 7.65. The van der Waals surface area contributed by atoms with E-state index in [9.17, 15) is 4.39 Å². The first-order valence-electron chi connectivity index (χ1n) is 7.62. The molecule has 1 unspecified atom stereocenters. The average molecular weight is 404 g/mol. The van der Waals surface area contributed by atoms with E-state index in [1.165, 1.54) is 22.3 Å². The van der Waals surface area contributed by atoms with E-state index in [2.05, 4.69) is 42.5 Å². The van der Waals surface area contributed by atoms with Crippen molar-refractivity contribution in [2.75, 3.05) is 13.2 Å². The SMILES string of the molecule is Cc1[c-]c(C)c2c(c1C)C(NC(=NCCF)NC#N)CCC2.[Rh]. The third-order valence-corrected chi connectivity index (χ3v) is 4.23. The van der Waals surface area contributed by atoms with E-state index in [1.54, 1.807) is 0 Å². The van der Waals surface area contributed by atoms with Crippen LogP contribution >= 0.6 is 0 Å². The van der Waals surface area contributed by atoms with Crippen molar-refractivity contribution in [2.24, 2.45) is 4.99 Å². The van der Waals surface area contributed by atoms with Gasteiger partial charge in [-0.3, -0.25) is 5.32 Å². The maximum absolute atomic E-state index is 12.3. The van der Waals surface area contributed by atoms with Crippen molar-refractivity contribution in [1.82, 2.24) is 10.6 Å². The fraction of sp³-hybridized carbons (Fsp3) is 0.529. The molecule has 0 heterocycles. The zero-order valence-electron chi connectivity index (χ0n) is 13.7. The molecule has 0 amide bonds. The fourth-order valence-electron chi connectivity index (χ4n) is 3.14. The largest absolute Gasteiger partial charge is 0.351 e. The Bertz CT molecular complexity index is 622. The van der Waals surface area contributed by atoms with E-state index < -0.39 is 6.67 Å². The molecule has 1 atom stereocenters. The second-order valence-corrected chi connectivity index (χ2v) is 5.64. The summed E-state index contributed by atoms with van der Waals surface area (Å²) in [4.78, 5) is 4.06. The molecule has 2 N–H and O–H groups in total. The number of nitrogens with zero attached hydrogens (tertiary/aromatic N) is 2. The predicted octanol–water partition coefficient (Wildman–Crippen LogP) is 2.77. The molecular formula is C17H22FN4Rh-. The van der Waals surface area contributed by atoms with Gasteiger partial charge in [-0.2, -0.15) is 28.0 Å². The molecule has 1 aromatic carbocycles. The molecule has 1 aliphatic rings. The van der Waals surface area contributed by atoms with E-state index in [4.69, 9.17) is 5.26 Å². The second-order valence-electron chi connectivity index (χ2n) is 5.64. The molecular weight excluding hydrogens is 382 g/mol. The molecule has 0 saturated heterocycles. The van der Waals surface area contributed by atoms with Gasteiger partial charge in [-0.25, -0.2) is 9.38 Å². The van der Waals surface area contributed by atoms with Crippen LogP contribution in [0, 0.1) is 38.3 Å². The normalized spacial score (nSPS) is 16.8. The monoisotopic (exact) mass is 404 g/mol. The van der Waals surface area contributed by atoms with E-state index in [-0.39, 0.29) is 32.1 Å². The number of nitrogens with one attached hydrogen (secondary N) is 2. The van der Waals surface area contributed by atoms with Crippen LogP contribution in [0.5, 0.6) is 0 Å². The maximum atomic E-state index is 12.3. The van der Waals surface area contributed by atoms with Crippen molar-refractivity contribution < 1.29 is 23.9 Å². The molecule has 0 fully saturated rings. The molecule has 2 rings (SSSR count). The zero-order valence-corrected chi connectivity index (χ0v) is 15.4. The first kappa shape index (κ1) is 19.6. The van der Waals surface area contributed by atoms with Crippen LogP contribution in [-0.4, -0.2) is 19.2 Å². The van der Waals surface area contributed by atoms with Crippen LogP contribution in [0.15, 0.2) is 4.99 Å². The molecule has 0 saturated carbocycles. The number of aryl methyl sites for hydroxylation is 2. The van der Waals surface area contributed by atoms with Crippen LogP contribution in [0.25, 0.3) is 0 Å². The van der Waals surface area contributed by atoms with Crippen LogP contribution in [0.1, 0.15) is 46.7 Å². The summed E-state index contributed by atoms with van der Waals surface area (Å²) in [6, 6.07) is 3.52. The van der Waals surface area contributed by atoms with Gasteiger partial charge in [-0.05, 0) is 6.42 Å². The summed E-state index contributed by atoms with van der Waals surface area (Å²) in [6.07, 6.45) is 4.96. The average Bonchev–Trinajstić information content (AvgIpc) is 2.50. The molecule has 0 aliphatic heterocycles. The van der Waals surface area contributed by atoms with Crippen molar-refractivity contribution in [3.8, 4) is 6.19 Å². The number of halogens is 1. The molecule has 0 bridgehead atoms. The van der Waals surface area contributed by atoms with Crippen molar-refractivity contribution >= 4 is 5.96 Å². The van der Waals surface area contributed by atoms with E-state index >= 15 is 0 Å². The first-order chi connectivity index (χ1) is 10.6. The Morgan fingerprint density at radius 3 is 2.78 bits per heavy atom. The van der Waals surface area contributed by atoms with Crippen LogP contribution in [0.3, 0.4) is 0 Å². The smallest absolute Gasteiger partial charge is 0.205 e. The third kappa shape index (κ3) is 4.51. The molecule has 23 heavy (non-hydrogen) atoms. The van der Waals surface area contributed by atoms with Gasteiger partial charge in [-0.1, -0.05) is 33.6 Å². The molecule has 1 aliphatic carbocycles.